The zero-order valence-corrected chi connectivity index (χ0v) is 22.8. The largest absolute Gasteiger partial charge is 0.460 e. The number of esters is 1. The van der Waals surface area contributed by atoms with E-state index in [1.807, 2.05) is 0 Å². The van der Waals surface area contributed by atoms with Gasteiger partial charge in [0.2, 0.25) is 0 Å². The third-order valence-corrected chi connectivity index (χ3v) is 15.6. The molecule has 29 heavy (non-hydrogen) atoms. The van der Waals surface area contributed by atoms with Gasteiger partial charge in [-0.2, -0.15) is 0 Å². The molecule has 9 heteroatoms. The van der Waals surface area contributed by atoms with Crippen LogP contribution in [0.4, 0.5) is 0 Å². The highest BCUT2D eigenvalue weighted by molar-refractivity contribution is 6.87. The van der Waals surface area contributed by atoms with Crippen LogP contribution in [0, 0.1) is 0 Å². The first-order valence-electron chi connectivity index (χ1n) is 10.6. The van der Waals surface area contributed by atoms with Crippen molar-refractivity contribution >= 4 is 36.9 Å². The molecule has 0 atom stereocenters. The Balaban J connectivity index is 4.11. The first kappa shape index (κ1) is 28.4. The standard InChI is InChI=1S/C20H42O6Si3/c1-9-10-17-27(3,4)25-29(7,8)26-28(5,6)18-11-14-23-15-16-24-20(22)13-12-19(2)21/h12-13H,9-11,14-18H2,1-8H3/b13-12+. The third kappa shape index (κ3) is 16.8. The molecule has 0 aromatic rings. The molecule has 0 aromatic heterocycles. The summed E-state index contributed by atoms with van der Waals surface area (Å²) in [7, 11) is -5.63. The summed E-state index contributed by atoms with van der Waals surface area (Å²) in [6, 6.07) is 2.19. The molecule has 0 N–H and O–H groups in total. The Hall–Kier alpha value is -0.589. The monoisotopic (exact) mass is 462 g/mol. The Morgan fingerprint density at radius 2 is 1.34 bits per heavy atom. The van der Waals surface area contributed by atoms with E-state index >= 15 is 0 Å². The van der Waals surface area contributed by atoms with Gasteiger partial charge >= 0.3 is 14.5 Å². The molecule has 6 nitrogen and oxygen atoms in total. The normalized spacial score (nSPS) is 13.1. The number of carbonyl (C=O) groups excluding carboxylic acids is 2. The fraction of sp³-hybridized carbons (Fsp3) is 0.800. The van der Waals surface area contributed by atoms with E-state index in [1.54, 1.807) is 0 Å². The summed E-state index contributed by atoms with van der Waals surface area (Å²) < 4.78 is 23.6. The summed E-state index contributed by atoms with van der Waals surface area (Å²) in [5.74, 6) is -0.709. The Labute approximate surface area is 180 Å². The topological polar surface area (TPSA) is 71.1 Å². The van der Waals surface area contributed by atoms with Crippen LogP contribution in [0.25, 0.3) is 0 Å². The zero-order chi connectivity index (χ0) is 22.6. The van der Waals surface area contributed by atoms with Crippen molar-refractivity contribution in [1.29, 1.82) is 0 Å². The van der Waals surface area contributed by atoms with Crippen molar-refractivity contribution < 1.29 is 27.3 Å². The van der Waals surface area contributed by atoms with Gasteiger partial charge in [-0.25, -0.2) is 4.79 Å². The van der Waals surface area contributed by atoms with E-state index in [0.717, 1.165) is 18.5 Å². The predicted octanol–water partition coefficient (Wildman–Crippen LogP) is 5.03. The number of allylic oxidation sites excluding steroid dienone is 1. The lowest BCUT2D eigenvalue weighted by Crippen LogP contribution is -2.52. The molecule has 0 saturated heterocycles. The molecule has 0 aliphatic rings. The van der Waals surface area contributed by atoms with Crippen molar-refractivity contribution in [2.45, 2.75) is 84.5 Å². The Morgan fingerprint density at radius 3 is 1.86 bits per heavy atom. The van der Waals surface area contributed by atoms with Crippen LogP contribution in [0.15, 0.2) is 12.2 Å². The quantitative estimate of drug-likeness (QED) is 0.139. The maximum Gasteiger partial charge on any atom is 0.330 e. The van der Waals surface area contributed by atoms with E-state index < -0.39 is 31.2 Å². The molecule has 0 heterocycles. The fourth-order valence-electron chi connectivity index (χ4n) is 3.19. The fourth-order valence-corrected chi connectivity index (χ4v) is 17.4. The van der Waals surface area contributed by atoms with Crippen molar-refractivity contribution in [2.24, 2.45) is 0 Å². The maximum atomic E-state index is 11.3. The molecule has 0 fully saturated rings. The van der Waals surface area contributed by atoms with E-state index in [9.17, 15) is 9.59 Å². The van der Waals surface area contributed by atoms with Gasteiger partial charge in [-0.05, 0) is 70.8 Å². The molecule has 0 bridgehead atoms. The average Bonchev–Trinajstić information content (AvgIpc) is 2.55. The highest BCUT2D eigenvalue weighted by atomic mass is 28.5. The summed E-state index contributed by atoms with van der Waals surface area (Å²) in [6.45, 7) is 18.2. The predicted molar refractivity (Wildman–Crippen MR) is 125 cm³/mol. The average molecular weight is 463 g/mol. The molecule has 0 amide bonds. The van der Waals surface area contributed by atoms with Gasteiger partial charge in [-0.3, -0.25) is 4.79 Å². The van der Waals surface area contributed by atoms with Gasteiger partial charge < -0.3 is 17.7 Å². The molecular weight excluding hydrogens is 420 g/mol. The van der Waals surface area contributed by atoms with Gasteiger partial charge in [0.15, 0.2) is 22.4 Å². The minimum absolute atomic E-state index is 0.184. The Morgan fingerprint density at radius 1 is 0.793 bits per heavy atom. The summed E-state index contributed by atoms with van der Waals surface area (Å²) in [5, 5.41) is 0. The molecule has 0 rings (SSSR count). The van der Waals surface area contributed by atoms with Crippen LogP contribution in [-0.4, -0.2) is 56.8 Å². The van der Waals surface area contributed by atoms with Gasteiger partial charge in [0.1, 0.15) is 6.61 Å². The number of hydrogen-bond acceptors (Lipinski definition) is 6. The lowest BCUT2D eigenvalue weighted by molar-refractivity contribution is -0.139. The lowest BCUT2D eigenvalue weighted by Gasteiger charge is -2.38. The zero-order valence-electron chi connectivity index (χ0n) is 19.8. The van der Waals surface area contributed by atoms with Crippen molar-refractivity contribution in [3.05, 3.63) is 12.2 Å². The van der Waals surface area contributed by atoms with Crippen molar-refractivity contribution in [1.82, 2.24) is 0 Å². The highest BCUT2D eigenvalue weighted by Crippen LogP contribution is 2.26. The summed E-state index contributed by atoms with van der Waals surface area (Å²) in [4.78, 5) is 22.1. The van der Waals surface area contributed by atoms with Crippen molar-refractivity contribution in [3.63, 3.8) is 0 Å². The molecule has 0 radical (unpaired) electrons. The number of ketones is 1. The molecule has 0 aromatic carbocycles. The van der Waals surface area contributed by atoms with Gasteiger partial charge in [-0.15, -0.1) is 0 Å². The lowest BCUT2D eigenvalue weighted by atomic mass is 10.4. The molecule has 0 aliphatic heterocycles. The van der Waals surface area contributed by atoms with Crippen LogP contribution in [0.5, 0.6) is 0 Å². The highest BCUT2D eigenvalue weighted by Gasteiger charge is 2.39. The smallest absolute Gasteiger partial charge is 0.330 e. The van der Waals surface area contributed by atoms with E-state index in [0.29, 0.717) is 13.2 Å². The van der Waals surface area contributed by atoms with Gasteiger partial charge in [0.25, 0.3) is 0 Å². The molecular formula is C20H42O6Si3. The number of ether oxygens (including phenoxy) is 2. The summed E-state index contributed by atoms with van der Waals surface area (Å²) in [5.41, 5.74) is 0. The van der Waals surface area contributed by atoms with Crippen LogP contribution in [0.1, 0.15) is 33.1 Å². The van der Waals surface area contributed by atoms with Gasteiger partial charge in [0, 0.05) is 12.7 Å². The first-order valence-corrected chi connectivity index (χ1v) is 19.7. The van der Waals surface area contributed by atoms with Crippen molar-refractivity contribution in [3.8, 4) is 0 Å². The number of hydrogen-bond donors (Lipinski definition) is 0. The molecule has 0 unspecified atom stereocenters. The van der Waals surface area contributed by atoms with Crippen LogP contribution < -0.4 is 0 Å². The molecule has 0 spiro atoms. The summed E-state index contributed by atoms with van der Waals surface area (Å²) >= 11 is 0. The number of carbonyl (C=O) groups is 2. The van der Waals surface area contributed by atoms with Crippen LogP contribution >= 0.6 is 0 Å². The van der Waals surface area contributed by atoms with E-state index in [4.69, 9.17) is 17.7 Å². The second-order valence-corrected chi connectivity index (χ2v) is 21.5. The molecule has 0 saturated carbocycles. The van der Waals surface area contributed by atoms with E-state index in [1.165, 1.54) is 31.9 Å². The van der Waals surface area contributed by atoms with Crippen molar-refractivity contribution in [2.75, 3.05) is 19.8 Å². The first-order chi connectivity index (χ1) is 13.3. The third-order valence-electron chi connectivity index (χ3n) is 4.17. The number of rotatable bonds is 16. The van der Waals surface area contributed by atoms with Crippen LogP contribution in [0.3, 0.4) is 0 Å². The SMILES string of the molecule is CCCC[Si](C)(C)O[Si](C)(C)O[Si](C)(C)CCCOCCOC(=O)/C=C/C(C)=O. The maximum absolute atomic E-state index is 11.3. The van der Waals surface area contributed by atoms with Gasteiger partial charge in [0.05, 0.1) is 6.61 Å². The molecule has 0 aliphatic carbocycles. The van der Waals surface area contributed by atoms with E-state index in [2.05, 4.69) is 46.2 Å². The number of unbranched alkanes of at least 4 members (excludes halogenated alkanes) is 1. The van der Waals surface area contributed by atoms with E-state index in [-0.39, 0.29) is 12.4 Å². The Bertz CT molecular complexity index is 532. The molecule has 170 valence electrons. The van der Waals surface area contributed by atoms with Crippen LogP contribution in [0.2, 0.25) is 51.4 Å². The van der Waals surface area contributed by atoms with Gasteiger partial charge in [-0.1, -0.05) is 19.8 Å². The summed E-state index contributed by atoms with van der Waals surface area (Å²) in [6.07, 6.45) is 5.67. The minimum Gasteiger partial charge on any atom is -0.460 e. The Kier molecular flexibility index (Phi) is 13.4. The minimum atomic E-state index is -2.14. The second kappa shape index (κ2) is 13.7. The van der Waals surface area contributed by atoms with Crippen LogP contribution in [-0.2, 0) is 27.3 Å². The second-order valence-electron chi connectivity index (χ2n) is 9.05.